The molecule has 0 bridgehead atoms. The summed E-state index contributed by atoms with van der Waals surface area (Å²) in [6.45, 7) is 0. The molecule has 0 atom stereocenters. The molecule has 1 aromatic heterocycles. The van der Waals surface area contributed by atoms with Crippen LogP contribution >= 0.6 is 15.9 Å². The number of nitrogens with one attached hydrogen (secondary N) is 2. The second-order valence-corrected chi connectivity index (χ2v) is 4.32. The second-order valence-electron chi connectivity index (χ2n) is 3.47. The van der Waals surface area contributed by atoms with Gasteiger partial charge < -0.3 is 15.4 Å². The fraction of sp³-hybridized carbons (Fsp3) is 0.167. The van der Waals surface area contributed by atoms with E-state index in [-0.39, 0.29) is 0 Å². The molecule has 2 N–H and O–H groups in total. The zero-order valence-electron chi connectivity index (χ0n) is 10.1. The number of benzene rings is 1. The highest BCUT2D eigenvalue weighted by Gasteiger charge is 2.07. The first-order valence-corrected chi connectivity index (χ1v) is 6.14. The molecule has 0 radical (unpaired) electrons. The molecule has 2 rings (SSSR count). The first-order valence-electron chi connectivity index (χ1n) is 5.35. The van der Waals surface area contributed by atoms with E-state index in [2.05, 4.69) is 36.5 Å². The Balaban J connectivity index is 2.33. The van der Waals surface area contributed by atoms with Gasteiger partial charge in [0.2, 0.25) is 5.95 Å². The smallest absolute Gasteiger partial charge is 0.224 e. The van der Waals surface area contributed by atoms with Crippen LogP contribution in [0, 0.1) is 0 Å². The normalized spacial score (nSPS) is 9.94. The Morgan fingerprint density at radius 2 is 2.06 bits per heavy atom. The lowest BCUT2D eigenvalue weighted by atomic mass is 10.3. The molecule has 94 valence electrons. The maximum atomic E-state index is 5.28. The highest BCUT2D eigenvalue weighted by atomic mass is 79.9. The number of rotatable bonds is 4. The van der Waals surface area contributed by atoms with Gasteiger partial charge in [0.25, 0.3) is 0 Å². The van der Waals surface area contributed by atoms with Crippen molar-refractivity contribution in [1.29, 1.82) is 0 Å². The van der Waals surface area contributed by atoms with Crippen molar-refractivity contribution in [3.05, 3.63) is 34.9 Å². The van der Waals surface area contributed by atoms with Gasteiger partial charge in [0.15, 0.2) is 0 Å². The van der Waals surface area contributed by atoms with Crippen molar-refractivity contribution in [3.8, 4) is 5.75 Å². The molecular formula is C12H13BrN4O. The van der Waals surface area contributed by atoms with Crippen LogP contribution in [0.1, 0.15) is 0 Å². The van der Waals surface area contributed by atoms with Gasteiger partial charge in [-0.1, -0.05) is 12.1 Å². The van der Waals surface area contributed by atoms with Crippen molar-refractivity contribution in [1.82, 2.24) is 9.97 Å². The summed E-state index contributed by atoms with van der Waals surface area (Å²) in [5, 5.41) is 6.10. The van der Waals surface area contributed by atoms with Crippen molar-refractivity contribution in [3.63, 3.8) is 0 Å². The number of hydrogen-bond acceptors (Lipinski definition) is 5. The third-order valence-electron chi connectivity index (χ3n) is 2.33. The second kappa shape index (κ2) is 5.68. The van der Waals surface area contributed by atoms with Gasteiger partial charge in [-0.05, 0) is 28.1 Å². The predicted octanol–water partition coefficient (Wildman–Crippen LogP) is 3.03. The molecule has 1 heterocycles. The van der Waals surface area contributed by atoms with E-state index in [0.717, 1.165) is 15.9 Å². The van der Waals surface area contributed by atoms with Crippen LogP contribution < -0.4 is 15.4 Å². The summed E-state index contributed by atoms with van der Waals surface area (Å²) in [6.07, 6.45) is 1.69. The predicted molar refractivity (Wildman–Crippen MR) is 75.6 cm³/mol. The maximum Gasteiger partial charge on any atom is 0.224 e. The fourth-order valence-electron chi connectivity index (χ4n) is 1.45. The van der Waals surface area contributed by atoms with E-state index in [1.165, 1.54) is 0 Å². The molecule has 0 saturated carbocycles. The van der Waals surface area contributed by atoms with E-state index in [1.54, 1.807) is 20.4 Å². The lowest BCUT2D eigenvalue weighted by Crippen LogP contribution is -2.02. The van der Waals surface area contributed by atoms with Crippen molar-refractivity contribution >= 4 is 33.4 Å². The highest BCUT2D eigenvalue weighted by molar-refractivity contribution is 9.10. The van der Waals surface area contributed by atoms with Crippen LogP contribution in [0.3, 0.4) is 0 Å². The van der Waals surface area contributed by atoms with Crippen LogP contribution in [0.2, 0.25) is 0 Å². The molecule has 0 fully saturated rings. The standard InChI is InChI=1S/C12H13BrN4O/c1-14-12-15-7-8(13)11(17-12)16-9-5-3-4-6-10(9)18-2/h3-7H,1-2H3,(H2,14,15,16,17). The van der Waals surface area contributed by atoms with Crippen molar-refractivity contribution < 1.29 is 4.74 Å². The van der Waals surface area contributed by atoms with E-state index in [0.29, 0.717) is 11.8 Å². The molecule has 0 unspecified atom stereocenters. The lowest BCUT2D eigenvalue weighted by molar-refractivity contribution is 0.417. The molecule has 2 aromatic rings. The molecule has 0 aliphatic carbocycles. The Hall–Kier alpha value is -1.82. The molecule has 0 saturated heterocycles. The SMILES string of the molecule is CNc1ncc(Br)c(Nc2ccccc2OC)n1. The number of anilines is 3. The van der Waals surface area contributed by atoms with E-state index in [9.17, 15) is 0 Å². The van der Waals surface area contributed by atoms with Gasteiger partial charge in [0.05, 0.1) is 17.3 Å². The van der Waals surface area contributed by atoms with Crippen LogP contribution in [-0.4, -0.2) is 24.1 Å². The minimum Gasteiger partial charge on any atom is -0.495 e. The summed E-state index contributed by atoms with van der Waals surface area (Å²) in [6, 6.07) is 7.65. The van der Waals surface area contributed by atoms with Crippen LogP contribution in [0.15, 0.2) is 34.9 Å². The summed E-state index contributed by atoms with van der Waals surface area (Å²) in [5.41, 5.74) is 0.849. The Bertz CT molecular complexity index is 547. The average molecular weight is 309 g/mol. The van der Waals surface area contributed by atoms with Gasteiger partial charge in [0, 0.05) is 13.2 Å². The minimum absolute atomic E-state index is 0.551. The Kier molecular flexibility index (Phi) is 3.99. The topological polar surface area (TPSA) is 59.1 Å². The summed E-state index contributed by atoms with van der Waals surface area (Å²) in [4.78, 5) is 8.43. The molecule has 0 spiro atoms. The van der Waals surface area contributed by atoms with Crippen LogP contribution in [0.25, 0.3) is 0 Å². The van der Waals surface area contributed by atoms with Crippen molar-refractivity contribution in [2.45, 2.75) is 0 Å². The van der Waals surface area contributed by atoms with Crippen LogP contribution in [0.4, 0.5) is 17.5 Å². The van der Waals surface area contributed by atoms with Gasteiger partial charge in [-0.25, -0.2) is 4.98 Å². The quantitative estimate of drug-likeness (QED) is 0.909. The van der Waals surface area contributed by atoms with Gasteiger partial charge in [-0.3, -0.25) is 0 Å². The number of ether oxygens (including phenoxy) is 1. The number of nitrogens with zero attached hydrogens (tertiary/aromatic N) is 2. The molecule has 5 nitrogen and oxygen atoms in total. The van der Waals surface area contributed by atoms with Crippen LogP contribution in [0.5, 0.6) is 5.75 Å². The molecule has 0 aliphatic heterocycles. The average Bonchev–Trinajstić information content (AvgIpc) is 2.42. The Morgan fingerprint density at radius 1 is 1.28 bits per heavy atom. The monoisotopic (exact) mass is 308 g/mol. The highest BCUT2D eigenvalue weighted by Crippen LogP contribution is 2.29. The Labute approximate surface area is 114 Å². The minimum atomic E-state index is 0.551. The van der Waals surface area contributed by atoms with Gasteiger partial charge in [-0.15, -0.1) is 0 Å². The fourth-order valence-corrected chi connectivity index (χ4v) is 1.74. The van der Waals surface area contributed by atoms with Gasteiger partial charge in [0.1, 0.15) is 11.6 Å². The summed E-state index contributed by atoms with van der Waals surface area (Å²) >= 11 is 3.41. The number of hydrogen-bond donors (Lipinski definition) is 2. The van der Waals surface area contributed by atoms with E-state index >= 15 is 0 Å². The molecule has 6 heteroatoms. The number of aromatic nitrogens is 2. The number of para-hydroxylation sites is 2. The maximum absolute atomic E-state index is 5.28. The van der Waals surface area contributed by atoms with Crippen molar-refractivity contribution in [2.75, 3.05) is 24.8 Å². The zero-order chi connectivity index (χ0) is 13.0. The van der Waals surface area contributed by atoms with Crippen LogP contribution in [-0.2, 0) is 0 Å². The summed E-state index contributed by atoms with van der Waals surface area (Å²) in [5.74, 6) is 1.99. The molecule has 1 aromatic carbocycles. The van der Waals surface area contributed by atoms with E-state index < -0.39 is 0 Å². The first-order chi connectivity index (χ1) is 8.74. The largest absolute Gasteiger partial charge is 0.495 e. The molecule has 0 aliphatic rings. The Morgan fingerprint density at radius 3 is 2.78 bits per heavy atom. The number of halogens is 1. The van der Waals surface area contributed by atoms with E-state index in [1.807, 2.05) is 24.3 Å². The summed E-state index contributed by atoms with van der Waals surface area (Å²) in [7, 11) is 3.41. The lowest BCUT2D eigenvalue weighted by Gasteiger charge is -2.11. The first kappa shape index (κ1) is 12.6. The van der Waals surface area contributed by atoms with Gasteiger partial charge in [-0.2, -0.15) is 4.98 Å². The van der Waals surface area contributed by atoms with Gasteiger partial charge >= 0.3 is 0 Å². The van der Waals surface area contributed by atoms with E-state index in [4.69, 9.17) is 4.74 Å². The molecule has 18 heavy (non-hydrogen) atoms. The third-order valence-corrected chi connectivity index (χ3v) is 2.91. The third kappa shape index (κ3) is 2.70. The molecular weight excluding hydrogens is 296 g/mol. The zero-order valence-corrected chi connectivity index (χ0v) is 11.7. The number of methoxy groups -OCH3 is 1. The molecule has 0 amide bonds. The summed E-state index contributed by atoms with van der Waals surface area (Å²) < 4.78 is 6.06. The van der Waals surface area contributed by atoms with Crippen molar-refractivity contribution in [2.24, 2.45) is 0 Å².